The van der Waals surface area contributed by atoms with E-state index in [9.17, 15) is 13.2 Å². The summed E-state index contributed by atoms with van der Waals surface area (Å²) in [7, 11) is 0. The maximum absolute atomic E-state index is 12.8. The molecular formula is C8H4F3N3S. The summed E-state index contributed by atoms with van der Waals surface area (Å²) in [6.07, 6.45) is 0. The summed E-state index contributed by atoms with van der Waals surface area (Å²) in [5.74, 6) is -4.02. The molecule has 78 valence electrons. The predicted molar refractivity (Wildman–Crippen MR) is 49.6 cm³/mol. The third-order valence-corrected chi connectivity index (χ3v) is 2.45. The number of hydrogen-bond donors (Lipinski definition) is 1. The molecule has 0 bridgehead atoms. The van der Waals surface area contributed by atoms with Gasteiger partial charge in [-0.25, -0.2) is 13.2 Å². The summed E-state index contributed by atoms with van der Waals surface area (Å²) in [5.41, 5.74) is 5.36. The minimum absolute atomic E-state index is 0.0140. The largest absolute Gasteiger partial charge is 0.367 e. The fraction of sp³-hybridized carbons (Fsp3) is 0. The molecule has 1 aromatic heterocycles. The molecule has 0 amide bonds. The van der Waals surface area contributed by atoms with Crippen LogP contribution in [0.2, 0.25) is 0 Å². The minimum atomic E-state index is -1.50. The van der Waals surface area contributed by atoms with Crippen LogP contribution in [0.25, 0.3) is 10.6 Å². The van der Waals surface area contributed by atoms with Crippen molar-refractivity contribution in [3.8, 4) is 10.6 Å². The number of rotatable bonds is 1. The van der Waals surface area contributed by atoms with Gasteiger partial charge in [0.25, 0.3) is 0 Å². The Balaban J connectivity index is 2.55. The highest BCUT2D eigenvalue weighted by atomic mass is 32.1. The zero-order valence-corrected chi connectivity index (χ0v) is 7.99. The molecule has 0 fully saturated rings. The first-order chi connectivity index (χ1) is 7.08. The molecule has 0 spiro atoms. The molecule has 2 aromatic rings. The quantitative estimate of drug-likeness (QED) is 0.765. The van der Waals surface area contributed by atoms with Gasteiger partial charge < -0.3 is 5.73 Å². The van der Waals surface area contributed by atoms with Gasteiger partial charge in [0.1, 0.15) is 5.01 Å². The lowest BCUT2D eigenvalue weighted by Crippen LogP contribution is -1.92. The van der Waals surface area contributed by atoms with Crippen molar-refractivity contribution < 1.29 is 13.2 Å². The molecule has 0 saturated heterocycles. The molecule has 0 atom stereocenters. The van der Waals surface area contributed by atoms with Gasteiger partial charge in [-0.15, -0.1) is 0 Å². The molecule has 0 aliphatic heterocycles. The Morgan fingerprint density at radius 3 is 2.20 bits per heavy atom. The molecule has 15 heavy (non-hydrogen) atoms. The van der Waals surface area contributed by atoms with Crippen LogP contribution in [-0.4, -0.2) is 9.36 Å². The number of anilines is 1. The van der Waals surface area contributed by atoms with Gasteiger partial charge in [0, 0.05) is 5.56 Å². The number of hydrogen-bond acceptors (Lipinski definition) is 4. The van der Waals surface area contributed by atoms with Crippen LogP contribution in [0.15, 0.2) is 12.1 Å². The van der Waals surface area contributed by atoms with Crippen molar-refractivity contribution in [3.63, 3.8) is 0 Å². The van der Waals surface area contributed by atoms with Crippen LogP contribution in [0.5, 0.6) is 0 Å². The normalized spacial score (nSPS) is 10.6. The third kappa shape index (κ3) is 1.78. The molecular weight excluding hydrogens is 227 g/mol. The lowest BCUT2D eigenvalue weighted by Gasteiger charge is -1.98. The highest BCUT2D eigenvalue weighted by Crippen LogP contribution is 2.25. The average Bonchev–Trinajstić information content (AvgIpc) is 2.60. The van der Waals surface area contributed by atoms with Crippen LogP contribution >= 0.6 is 11.5 Å². The van der Waals surface area contributed by atoms with Crippen LogP contribution in [0, 0.1) is 17.5 Å². The molecule has 2 N–H and O–H groups in total. The van der Waals surface area contributed by atoms with Gasteiger partial charge in [0.2, 0.25) is 5.95 Å². The van der Waals surface area contributed by atoms with Gasteiger partial charge in [-0.2, -0.15) is 9.36 Å². The van der Waals surface area contributed by atoms with E-state index in [0.717, 1.165) is 23.7 Å². The molecule has 3 nitrogen and oxygen atoms in total. The van der Waals surface area contributed by atoms with Crippen molar-refractivity contribution in [3.05, 3.63) is 29.6 Å². The number of nitrogen functional groups attached to an aromatic ring is 1. The lowest BCUT2D eigenvalue weighted by atomic mass is 10.2. The average molecular weight is 231 g/mol. The summed E-state index contributed by atoms with van der Waals surface area (Å²) in [6.45, 7) is 0. The van der Waals surface area contributed by atoms with E-state index in [-0.39, 0.29) is 16.5 Å². The van der Waals surface area contributed by atoms with Crippen LogP contribution in [0.3, 0.4) is 0 Å². The standard InChI is InChI=1S/C8H4F3N3S/c9-4-1-3(2-5(10)6(4)11)7-13-8(12)14-15-7/h1-2H,(H2,12,14). The van der Waals surface area contributed by atoms with Gasteiger partial charge in [0.15, 0.2) is 17.5 Å². The second-order valence-electron chi connectivity index (χ2n) is 2.71. The lowest BCUT2D eigenvalue weighted by molar-refractivity contribution is 0.447. The molecule has 2 rings (SSSR count). The van der Waals surface area contributed by atoms with Crippen molar-refractivity contribution in [2.24, 2.45) is 0 Å². The Bertz CT molecular complexity index is 489. The van der Waals surface area contributed by atoms with E-state index in [2.05, 4.69) is 9.36 Å². The summed E-state index contributed by atoms with van der Waals surface area (Å²) < 4.78 is 42.0. The van der Waals surface area contributed by atoms with E-state index in [1.807, 2.05) is 0 Å². The Labute approximate surface area is 86.5 Å². The van der Waals surface area contributed by atoms with E-state index >= 15 is 0 Å². The third-order valence-electron chi connectivity index (χ3n) is 1.67. The molecule has 0 unspecified atom stereocenters. The Morgan fingerprint density at radius 2 is 1.73 bits per heavy atom. The SMILES string of the molecule is Nc1nsc(-c2cc(F)c(F)c(F)c2)n1. The van der Waals surface area contributed by atoms with Crippen LogP contribution in [0.4, 0.5) is 19.1 Å². The molecule has 7 heteroatoms. The zero-order chi connectivity index (χ0) is 11.0. The van der Waals surface area contributed by atoms with Gasteiger partial charge in [0.05, 0.1) is 0 Å². The van der Waals surface area contributed by atoms with Gasteiger partial charge in [-0.3, -0.25) is 0 Å². The molecule has 0 radical (unpaired) electrons. The number of benzene rings is 1. The predicted octanol–water partition coefficient (Wildman–Crippen LogP) is 2.20. The molecule has 0 aliphatic carbocycles. The summed E-state index contributed by atoms with van der Waals surface area (Å²) >= 11 is 0.884. The highest BCUT2D eigenvalue weighted by Gasteiger charge is 2.13. The van der Waals surface area contributed by atoms with Crippen molar-refractivity contribution in [2.75, 3.05) is 5.73 Å². The maximum Gasteiger partial charge on any atom is 0.232 e. The first-order valence-corrected chi connectivity index (χ1v) is 4.59. The summed E-state index contributed by atoms with van der Waals surface area (Å²) in [5, 5.41) is 0.241. The van der Waals surface area contributed by atoms with Gasteiger partial charge in [-0.1, -0.05) is 0 Å². The highest BCUT2D eigenvalue weighted by molar-refractivity contribution is 7.09. The minimum Gasteiger partial charge on any atom is -0.367 e. The van der Waals surface area contributed by atoms with Gasteiger partial charge >= 0.3 is 0 Å². The number of nitrogens with two attached hydrogens (primary N) is 1. The molecule has 1 aromatic carbocycles. The molecule has 0 aliphatic rings. The van der Waals surface area contributed by atoms with E-state index in [1.54, 1.807) is 0 Å². The van der Waals surface area contributed by atoms with E-state index in [1.165, 1.54) is 0 Å². The fourth-order valence-electron chi connectivity index (χ4n) is 1.03. The monoisotopic (exact) mass is 231 g/mol. The Kier molecular flexibility index (Phi) is 2.31. The maximum atomic E-state index is 12.8. The van der Waals surface area contributed by atoms with E-state index in [4.69, 9.17) is 5.73 Å². The second-order valence-corrected chi connectivity index (χ2v) is 3.46. The van der Waals surface area contributed by atoms with Crippen molar-refractivity contribution in [2.45, 2.75) is 0 Å². The fourth-order valence-corrected chi connectivity index (χ4v) is 1.61. The Morgan fingerprint density at radius 1 is 1.13 bits per heavy atom. The molecule has 1 heterocycles. The first-order valence-electron chi connectivity index (χ1n) is 3.82. The van der Waals surface area contributed by atoms with Crippen molar-refractivity contribution in [1.82, 2.24) is 9.36 Å². The van der Waals surface area contributed by atoms with Crippen molar-refractivity contribution >= 4 is 17.5 Å². The topological polar surface area (TPSA) is 51.8 Å². The number of halogens is 3. The van der Waals surface area contributed by atoms with Gasteiger partial charge in [-0.05, 0) is 23.7 Å². The van der Waals surface area contributed by atoms with Crippen LogP contribution < -0.4 is 5.73 Å². The first kappa shape index (κ1) is 9.91. The summed E-state index contributed by atoms with van der Waals surface area (Å²) in [4.78, 5) is 3.72. The van der Waals surface area contributed by atoms with Crippen LogP contribution in [0.1, 0.15) is 0 Å². The van der Waals surface area contributed by atoms with E-state index < -0.39 is 17.5 Å². The second kappa shape index (κ2) is 3.50. The van der Waals surface area contributed by atoms with Crippen LogP contribution in [-0.2, 0) is 0 Å². The Hall–Kier alpha value is -1.63. The molecule has 0 saturated carbocycles. The number of nitrogens with zero attached hydrogens (tertiary/aromatic N) is 2. The van der Waals surface area contributed by atoms with Crippen molar-refractivity contribution in [1.29, 1.82) is 0 Å². The summed E-state index contributed by atoms with van der Waals surface area (Å²) in [6, 6.07) is 1.69. The van der Waals surface area contributed by atoms with E-state index in [0.29, 0.717) is 0 Å². The number of aromatic nitrogens is 2. The smallest absolute Gasteiger partial charge is 0.232 e. The zero-order valence-electron chi connectivity index (χ0n) is 7.17.